The summed E-state index contributed by atoms with van der Waals surface area (Å²) < 4.78 is 5.71. The maximum Gasteiger partial charge on any atom is 0.191 e. The number of hydrogen-bond donors (Lipinski definition) is 2. The van der Waals surface area contributed by atoms with Gasteiger partial charge < -0.3 is 15.1 Å². The number of rotatable bonds is 8. The van der Waals surface area contributed by atoms with Gasteiger partial charge in [0.2, 0.25) is 0 Å². The van der Waals surface area contributed by atoms with E-state index in [1.165, 1.54) is 23.5 Å². The van der Waals surface area contributed by atoms with Crippen molar-refractivity contribution in [1.82, 2.24) is 20.5 Å². The summed E-state index contributed by atoms with van der Waals surface area (Å²) in [7, 11) is 0. The van der Waals surface area contributed by atoms with Gasteiger partial charge in [-0.3, -0.25) is 9.89 Å². The van der Waals surface area contributed by atoms with Crippen molar-refractivity contribution in [1.29, 1.82) is 0 Å². The van der Waals surface area contributed by atoms with Gasteiger partial charge in [0.15, 0.2) is 5.96 Å². The van der Waals surface area contributed by atoms with E-state index in [1.54, 1.807) is 17.6 Å². The molecule has 1 fully saturated rings. The molecule has 1 aliphatic rings. The van der Waals surface area contributed by atoms with Gasteiger partial charge in [-0.25, -0.2) is 4.98 Å². The van der Waals surface area contributed by atoms with Gasteiger partial charge in [-0.2, -0.15) is 0 Å². The highest BCUT2D eigenvalue weighted by molar-refractivity contribution is 14.0. The second kappa shape index (κ2) is 12.0. The zero-order chi connectivity index (χ0) is 20.7. The number of guanidine groups is 1. The summed E-state index contributed by atoms with van der Waals surface area (Å²) in [4.78, 5) is 12.1. The molecule has 30 heavy (non-hydrogen) atoms. The van der Waals surface area contributed by atoms with Gasteiger partial charge >= 0.3 is 0 Å². The molecule has 0 spiro atoms. The Morgan fingerprint density at radius 2 is 2.07 bits per heavy atom. The molecule has 0 bridgehead atoms. The number of halogens is 1. The monoisotopic (exact) mass is 545 g/mol. The second-order valence-corrected chi connectivity index (χ2v) is 9.49. The Labute approximate surface area is 202 Å². The van der Waals surface area contributed by atoms with Crippen molar-refractivity contribution in [2.24, 2.45) is 4.99 Å². The number of aliphatic imine (C=N–C) groups is 1. The van der Waals surface area contributed by atoms with Gasteiger partial charge in [0.05, 0.1) is 29.6 Å². The molecule has 6 nitrogen and oxygen atoms in total. The molecule has 0 aromatic carbocycles. The van der Waals surface area contributed by atoms with Gasteiger partial charge in [-0.05, 0) is 45.0 Å². The number of nitrogens with one attached hydrogen (secondary N) is 2. The van der Waals surface area contributed by atoms with Crippen molar-refractivity contribution in [3.05, 3.63) is 40.2 Å². The molecule has 0 amide bonds. The lowest BCUT2D eigenvalue weighted by atomic mass is 9.93. The number of nitrogens with zero attached hydrogens (tertiary/aromatic N) is 3. The zero-order valence-corrected chi connectivity index (χ0v) is 21.8. The third kappa shape index (κ3) is 7.23. The molecule has 2 aromatic heterocycles. The van der Waals surface area contributed by atoms with Crippen LogP contribution in [0.1, 0.15) is 63.0 Å². The van der Waals surface area contributed by atoms with Crippen LogP contribution in [0.4, 0.5) is 0 Å². The molecule has 1 atom stereocenters. The van der Waals surface area contributed by atoms with Crippen molar-refractivity contribution in [3.63, 3.8) is 0 Å². The molecular weight excluding hydrogens is 509 g/mol. The topological polar surface area (TPSA) is 65.7 Å². The fraction of sp³-hybridized carbons (Fsp3) is 0.636. The Balaban J connectivity index is 0.00000320. The van der Waals surface area contributed by atoms with E-state index >= 15 is 0 Å². The van der Waals surface area contributed by atoms with Crippen LogP contribution >= 0.6 is 35.3 Å². The number of hydrogen-bond acceptors (Lipinski definition) is 5. The Morgan fingerprint density at radius 1 is 1.30 bits per heavy atom. The fourth-order valence-corrected chi connectivity index (χ4v) is 4.52. The molecule has 0 radical (unpaired) electrons. The van der Waals surface area contributed by atoms with Crippen LogP contribution in [0, 0.1) is 0 Å². The SMILES string of the molecule is CCNC(=NCC(c1ccco1)N1CCCC1)NCCc1nc(C(C)(C)C)cs1.I. The molecule has 3 rings (SSSR count). The first kappa shape index (κ1) is 25.1. The number of aromatic nitrogens is 1. The highest BCUT2D eigenvalue weighted by Crippen LogP contribution is 2.26. The van der Waals surface area contributed by atoms with E-state index in [1.807, 2.05) is 6.07 Å². The lowest BCUT2D eigenvalue weighted by molar-refractivity contribution is 0.221. The summed E-state index contributed by atoms with van der Waals surface area (Å²) in [6.45, 7) is 13.3. The minimum Gasteiger partial charge on any atom is -0.468 e. The average molecular weight is 546 g/mol. The summed E-state index contributed by atoms with van der Waals surface area (Å²) in [5.41, 5.74) is 1.28. The summed E-state index contributed by atoms with van der Waals surface area (Å²) >= 11 is 1.74. The van der Waals surface area contributed by atoms with E-state index in [0.29, 0.717) is 6.54 Å². The minimum absolute atomic E-state index is 0. The molecule has 1 unspecified atom stereocenters. The second-order valence-electron chi connectivity index (χ2n) is 8.55. The van der Waals surface area contributed by atoms with Crippen molar-refractivity contribution in [2.45, 2.75) is 58.4 Å². The fourth-order valence-electron chi connectivity index (χ4n) is 3.50. The average Bonchev–Trinajstić information content (AvgIpc) is 3.44. The quantitative estimate of drug-likeness (QED) is 0.289. The normalized spacial score (nSPS) is 16.3. The summed E-state index contributed by atoms with van der Waals surface area (Å²) in [5.74, 6) is 1.86. The number of furan rings is 1. The third-order valence-corrected chi connectivity index (χ3v) is 6.08. The largest absolute Gasteiger partial charge is 0.468 e. The van der Waals surface area contributed by atoms with E-state index in [2.05, 4.69) is 54.7 Å². The number of likely N-dealkylation sites (tertiary alicyclic amines) is 1. The summed E-state index contributed by atoms with van der Waals surface area (Å²) in [5, 5.41) is 10.2. The van der Waals surface area contributed by atoms with Crippen molar-refractivity contribution in [2.75, 3.05) is 32.7 Å². The van der Waals surface area contributed by atoms with Crippen LogP contribution in [0.3, 0.4) is 0 Å². The summed E-state index contributed by atoms with van der Waals surface area (Å²) in [6.07, 6.45) is 5.16. The molecule has 3 heterocycles. The van der Waals surface area contributed by atoms with Crippen molar-refractivity contribution >= 4 is 41.3 Å². The van der Waals surface area contributed by atoms with E-state index in [-0.39, 0.29) is 35.4 Å². The lowest BCUT2D eigenvalue weighted by Gasteiger charge is -2.24. The molecule has 0 saturated carbocycles. The van der Waals surface area contributed by atoms with Crippen LogP contribution in [-0.4, -0.2) is 48.6 Å². The number of thiazole rings is 1. The minimum atomic E-state index is 0. The van der Waals surface area contributed by atoms with E-state index in [4.69, 9.17) is 14.4 Å². The molecule has 2 N–H and O–H groups in total. The van der Waals surface area contributed by atoms with Gasteiger partial charge in [0.1, 0.15) is 5.76 Å². The predicted octanol–water partition coefficient (Wildman–Crippen LogP) is 4.59. The highest BCUT2D eigenvalue weighted by Gasteiger charge is 2.25. The van der Waals surface area contributed by atoms with Crippen molar-refractivity contribution < 1.29 is 4.42 Å². The van der Waals surface area contributed by atoms with Crippen molar-refractivity contribution in [3.8, 4) is 0 Å². The molecule has 1 aliphatic heterocycles. The molecular formula is C22H36IN5OS. The maximum absolute atomic E-state index is 5.71. The molecule has 1 saturated heterocycles. The van der Waals surface area contributed by atoms with E-state index in [9.17, 15) is 0 Å². The molecule has 2 aromatic rings. The molecule has 168 valence electrons. The van der Waals surface area contributed by atoms with Crippen LogP contribution in [0.15, 0.2) is 33.2 Å². The highest BCUT2D eigenvalue weighted by atomic mass is 127. The Bertz CT molecular complexity index is 763. The lowest BCUT2D eigenvalue weighted by Crippen LogP contribution is -2.39. The molecule has 8 heteroatoms. The van der Waals surface area contributed by atoms with Crippen LogP contribution in [0.2, 0.25) is 0 Å². The van der Waals surface area contributed by atoms with Crippen LogP contribution in [0.5, 0.6) is 0 Å². The van der Waals surface area contributed by atoms with Crippen LogP contribution in [0.25, 0.3) is 0 Å². The Kier molecular flexibility index (Phi) is 10.1. The van der Waals surface area contributed by atoms with E-state index in [0.717, 1.165) is 44.3 Å². The van der Waals surface area contributed by atoms with Gasteiger partial charge in [-0.15, -0.1) is 35.3 Å². The van der Waals surface area contributed by atoms with Crippen LogP contribution < -0.4 is 10.6 Å². The standard InChI is InChI=1S/C22H35N5OS.HI/c1-5-23-21(24-11-10-20-26-19(16-29-20)22(2,3)4)25-15-17(18-9-8-14-28-18)27-12-6-7-13-27;/h8-9,14,16-17H,5-7,10-13,15H2,1-4H3,(H2,23,24,25);1H. The smallest absolute Gasteiger partial charge is 0.191 e. The van der Waals surface area contributed by atoms with E-state index < -0.39 is 0 Å². The van der Waals surface area contributed by atoms with Gasteiger partial charge in [-0.1, -0.05) is 20.8 Å². The Hall–Kier alpha value is -1.13. The first-order valence-electron chi connectivity index (χ1n) is 10.7. The Morgan fingerprint density at radius 3 is 2.67 bits per heavy atom. The summed E-state index contributed by atoms with van der Waals surface area (Å²) in [6, 6.07) is 4.23. The molecule has 0 aliphatic carbocycles. The zero-order valence-electron chi connectivity index (χ0n) is 18.6. The first-order chi connectivity index (χ1) is 14.0. The first-order valence-corrected chi connectivity index (χ1v) is 11.6. The predicted molar refractivity (Wildman–Crippen MR) is 136 cm³/mol. The third-order valence-electron chi connectivity index (χ3n) is 5.17. The van der Waals surface area contributed by atoms with Gasteiger partial charge in [0, 0.05) is 30.3 Å². The van der Waals surface area contributed by atoms with Gasteiger partial charge in [0.25, 0.3) is 0 Å². The van der Waals surface area contributed by atoms with Crippen LogP contribution in [-0.2, 0) is 11.8 Å². The maximum atomic E-state index is 5.71.